The van der Waals surface area contributed by atoms with E-state index in [0.717, 1.165) is 35.8 Å². The third-order valence-corrected chi connectivity index (χ3v) is 6.68. The molecule has 1 aromatic rings. The molecule has 0 amide bonds. The zero-order valence-electron chi connectivity index (χ0n) is 16.0. The fourth-order valence-corrected chi connectivity index (χ4v) is 4.98. The van der Waals surface area contributed by atoms with Gasteiger partial charge in [0.05, 0.1) is 0 Å². The zero-order chi connectivity index (χ0) is 19.4. The summed E-state index contributed by atoms with van der Waals surface area (Å²) in [5, 5.41) is 0. The first kappa shape index (κ1) is 20.5. The Kier molecular flexibility index (Phi) is 6.69. The van der Waals surface area contributed by atoms with Gasteiger partial charge in [-0.2, -0.15) is 0 Å². The van der Waals surface area contributed by atoms with E-state index in [1.807, 2.05) is 0 Å². The van der Waals surface area contributed by atoms with Crippen LogP contribution >= 0.6 is 0 Å². The van der Waals surface area contributed by atoms with Crippen LogP contribution in [0, 0.1) is 29.5 Å². The SMILES string of the molecule is CC1CCC(C2CCC(CCc3ccc(OC(F)(F)F)c(F)c3)CC2)CC1. The molecule has 0 aliphatic heterocycles. The minimum absolute atomic E-state index is 0.651. The molecule has 2 aliphatic rings. The van der Waals surface area contributed by atoms with Crippen LogP contribution in [0.15, 0.2) is 18.2 Å². The summed E-state index contributed by atoms with van der Waals surface area (Å²) in [7, 11) is 0. The second-order valence-corrected chi connectivity index (χ2v) is 8.65. The molecule has 27 heavy (non-hydrogen) atoms. The summed E-state index contributed by atoms with van der Waals surface area (Å²) in [6.07, 6.45) is 7.43. The molecule has 2 fully saturated rings. The van der Waals surface area contributed by atoms with Gasteiger partial charge in [0, 0.05) is 0 Å². The van der Waals surface area contributed by atoms with Crippen molar-refractivity contribution in [3.05, 3.63) is 29.6 Å². The minimum atomic E-state index is -4.86. The van der Waals surface area contributed by atoms with Gasteiger partial charge in [-0.25, -0.2) is 4.39 Å². The Balaban J connectivity index is 1.43. The highest BCUT2D eigenvalue weighted by Gasteiger charge is 2.32. The highest BCUT2D eigenvalue weighted by atomic mass is 19.4. The molecule has 0 bridgehead atoms. The Bertz CT molecular complexity index is 597. The summed E-state index contributed by atoms with van der Waals surface area (Å²) in [5.41, 5.74) is 0.741. The van der Waals surface area contributed by atoms with Crippen molar-refractivity contribution in [3.63, 3.8) is 0 Å². The van der Waals surface area contributed by atoms with E-state index in [1.165, 1.54) is 57.4 Å². The van der Waals surface area contributed by atoms with Crippen LogP contribution in [0.1, 0.15) is 70.3 Å². The van der Waals surface area contributed by atoms with E-state index in [0.29, 0.717) is 12.3 Å². The van der Waals surface area contributed by atoms with Gasteiger partial charge in [-0.15, -0.1) is 13.2 Å². The quantitative estimate of drug-likeness (QED) is 0.483. The number of aryl methyl sites for hydroxylation is 1. The van der Waals surface area contributed by atoms with E-state index in [9.17, 15) is 17.6 Å². The zero-order valence-corrected chi connectivity index (χ0v) is 16.0. The van der Waals surface area contributed by atoms with Crippen molar-refractivity contribution in [3.8, 4) is 5.75 Å². The summed E-state index contributed by atoms with van der Waals surface area (Å²) in [5.74, 6) is 1.64. The molecule has 0 aromatic heterocycles. The molecule has 0 heterocycles. The Morgan fingerprint density at radius 2 is 1.52 bits per heavy atom. The maximum Gasteiger partial charge on any atom is 0.573 e. The number of rotatable bonds is 5. The summed E-state index contributed by atoms with van der Waals surface area (Å²) >= 11 is 0. The van der Waals surface area contributed by atoms with Crippen molar-refractivity contribution in [2.75, 3.05) is 0 Å². The molecule has 1 aromatic carbocycles. The largest absolute Gasteiger partial charge is 0.573 e. The Morgan fingerprint density at radius 3 is 2.07 bits per heavy atom. The van der Waals surface area contributed by atoms with Crippen LogP contribution in [0.3, 0.4) is 0 Å². The van der Waals surface area contributed by atoms with Gasteiger partial charge in [0.1, 0.15) is 0 Å². The second kappa shape index (κ2) is 8.83. The van der Waals surface area contributed by atoms with Crippen LogP contribution < -0.4 is 4.74 Å². The van der Waals surface area contributed by atoms with E-state index in [4.69, 9.17) is 0 Å². The lowest BCUT2D eigenvalue weighted by molar-refractivity contribution is -0.275. The molecule has 0 N–H and O–H groups in total. The molecule has 0 spiro atoms. The molecule has 5 heteroatoms. The average molecular weight is 386 g/mol. The van der Waals surface area contributed by atoms with E-state index in [2.05, 4.69) is 11.7 Å². The van der Waals surface area contributed by atoms with Crippen molar-refractivity contribution in [2.24, 2.45) is 23.7 Å². The van der Waals surface area contributed by atoms with Gasteiger partial charge >= 0.3 is 6.36 Å². The van der Waals surface area contributed by atoms with E-state index >= 15 is 0 Å². The maximum absolute atomic E-state index is 13.8. The number of hydrogen-bond acceptors (Lipinski definition) is 1. The smallest absolute Gasteiger partial charge is 0.403 e. The predicted octanol–water partition coefficient (Wildman–Crippen LogP) is 7.29. The molecule has 0 unspecified atom stereocenters. The van der Waals surface area contributed by atoms with Crippen LogP contribution in [-0.4, -0.2) is 6.36 Å². The lowest BCUT2D eigenvalue weighted by Gasteiger charge is -2.37. The molecule has 3 rings (SSSR count). The molecular formula is C22H30F4O. The first-order valence-electron chi connectivity index (χ1n) is 10.3. The normalized spacial score (nSPS) is 29.5. The van der Waals surface area contributed by atoms with Crippen LogP contribution in [0.5, 0.6) is 5.75 Å². The molecule has 2 saturated carbocycles. The number of halogens is 4. The van der Waals surface area contributed by atoms with Gasteiger partial charge in [0.2, 0.25) is 0 Å². The topological polar surface area (TPSA) is 9.23 Å². The van der Waals surface area contributed by atoms with Crippen molar-refractivity contribution in [1.82, 2.24) is 0 Å². The first-order valence-corrected chi connectivity index (χ1v) is 10.3. The van der Waals surface area contributed by atoms with Crippen LogP contribution in [0.4, 0.5) is 17.6 Å². The Hall–Kier alpha value is -1.26. The second-order valence-electron chi connectivity index (χ2n) is 8.65. The van der Waals surface area contributed by atoms with Crippen LogP contribution in [0.25, 0.3) is 0 Å². The standard InChI is InChI=1S/C22H30F4O/c1-15-2-9-18(10-3-15)19-11-6-16(7-12-19)4-5-17-8-13-21(20(23)14-17)27-22(24,25)26/h8,13-16,18-19H,2-7,9-12H2,1H3. The van der Waals surface area contributed by atoms with E-state index in [-0.39, 0.29) is 0 Å². The summed E-state index contributed by atoms with van der Waals surface area (Å²) in [6.45, 7) is 2.36. The summed E-state index contributed by atoms with van der Waals surface area (Å²) in [6, 6.07) is 3.80. The fourth-order valence-electron chi connectivity index (χ4n) is 4.98. The van der Waals surface area contributed by atoms with Crippen molar-refractivity contribution >= 4 is 0 Å². The average Bonchev–Trinajstić information content (AvgIpc) is 2.62. The Morgan fingerprint density at radius 1 is 0.926 bits per heavy atom. The van der Waals surface area contributed by atoms with Gasteiger partial charge in [-0.05, 0) is 79.9 Å². The van der Waals surface area contributed by atoms with Gasteiger partial charge in [-0.1, -0.05) is 38.7 Å². The lowest BCUT2D eigenvalue weighted by atomic mass is 9.69. The van der Waals surface area contributed by atoms with Gasteiger partial charge in [-0.3, -0.25) is 0 Å². The number of hydrogen-bond donors (Lipinski definition) is 0. The van der Waals surface area contributed by atoms with E-state index in [1.54, 1.807) is 6.07 Å². The van der Waals surface area contributed by atoms with Crippen molar-refractivity contribution in [2.45, 2.75) is 77.5 Å². The van der Waals surface area contributed by atoms with Crippen molar-refractivity contribution in [1.29, 1.82) is 0 Å². The predicted molar refractivity (Wildman–Crippen MR) is 98.0 cm³/mol. The Labute approximate surface area is 159 Å². The van der Waals surface area contributed by atoms with Gasteiger partial charge < -0.3 is 4.74 Å². The van der Waals surface area contributed by atoms with Gasteiger partial charge in [0.15, 0.2) is 11.6 Å². The lowest BCUT2D eigenvalue weighted by Crippen LogP contribution is -2.25. The maximum atomic E-state index is 13.8. The molecule has 152 valence electrons. The van der Waals surface area contributed by atoms with Crippen molar-refractivity contribution < 1.29 is 22.3 Å². The monoisotopic (exact) mass is 386 g/mol. The molecular weight excluding hydrogens is 356 g/mol. The molecule has 0 radical (unpaired) electrons. The van der Waals surface area contributed by atoms with Crippen LogP contribution in [0.2, 0.25) is 0 Å². The molecule has 0 saturated heterocycles. The number of ether oxygens (including phenoxy) is 1. The first-order chi connectivity index (χ1) is 12.8. The van der Waals surface area contributed by atoms with Crippen LogP contribution in [-0.2, 0) is 6.42 Å². The summed E-state index contributed by atoms with van der Waals surface area (Å²) in [4.78, 5) is 0. The summed E-state index contributed by atoms with van der Waals surface area (Å²) < 4.78 is 54.1. The number of benzene rings is 1. The third-order valence-electron chi connectivity index (χ3n) is 6.68. The van der Waals surface area contributed by atoms with Gasteiger partial charge in [0.25, 0.3) is 0 Å². The molecule has 2 aliphatic carbocycles. The molecule has 1 nitrogen and oxygen atoms in total. The highest BCUT2D eigenvalue weighted by molar-refractivity contribution is 5.29. The fraction of sp³-hybridized carbons (Fsp3) is 0.727. The minimum Gasteiger partial charge on any atom is -0.403 e. The third kappa shape index (κ3) is 6.11. The molecule has 0 atom stereocenters. The van der Waals surface area contributed by atoms with E-state index < -0.39 is 17.9 Å². The highest BCUT2D eigenvalue weighted by Crippen LogP contribution is 2.42. The number of alkyl halides is 3.